The maximum Gasteiger partial charge on any atom is 0.253 e. The Balaban J connectivity index is 1.81. The zero-order valence-corrected chi connectivity index (χ0v) is 13.8. The van der Waals surface area contributed by atoms with Crippen molar-refractivity contribution >= 4 is 5.82 Å². The number of aromatic nitrogens is 2. The van der Waals surface area contributed by atoms with E-state index in [0.29, 0.717) is 31.3 Å². The second-order valence-corrected chi connectivity index (χ2v) is 5.57. The van der Waals surface area contributed by atoms with Gasteiger partial charge in [0, 0.05) is 26.3 Å². The molecular weight excluding hydrogens is 310 g/mol. The number of anilines is 1. The average molecular weight is 331 g/mol. The molecule has 1 aliphatic heterocycles. The van der Waals surface area contributed by atoms with Gasteiger partial charge in [-0.2, -0.15) is 0 Å². The molecule has 7 heteroatoms. The lowest BCUT2D eigenvalue weighted by Crippen LogP contribution is -2.39. The van der Waals surface area contributed by atoms with Gasteiger partial charge in [0.05, 0.1) is 13.7 Å². The van der Waals surface area contributed by atoms with Crippen molar-refractivity contribution in [2.24, 2.45) is 0 Å². The highest BCUT2D eigenvalue weighted by Gasteiger charge is 2.24. The Bertz CT molecular complexity index is 747. The minimum Gasteiger partial charge on any atom is -0.497 e. The van der Waals surface area contributed by atoms with Crippen LogP contribution in [0.15, 0.2) is 35.1 Å². The molecule has 2 aromatic rings. The van der Waals surface area contributed by atoms with Gasteiger partial charge in [0.1, 0.15) is 30.1 Å². The second-order valence-electron chi connectivity index (χ2n) is 5.57. The minimum atomic E-state index is -0.184. The van der Waals surface area contributed by atoms with Crippen molar-refractivity contribution in [1.82, 2.24) is 9.97 Å². The third kappa shape index (κ3) is 3.74. The summed E-state index contributed by atoms with van der Waals surface area (Å²) in [5, 5.41) is 0. The first-order chi connectivity index (χ1) is 11.7. The number of nitrogens with one attached hydrogen (secondary N) is 1. The number of H-pyrrole nitrogens is 1. The van der Waals surface area contributed by atoms with Crippen LogP contribution in [0.5, 0.6) is 5.75 Å². The summed E-state index contributed by atoms with van der Waals surface area (Å²) in [5.41, 5.74) is 0.859. The monoisotopic (exact) mass is 331 g/mol. The zero-order chi connectivity index (χ0) is 16.9. The highest BCUT2D eigenvalue weighted by atomic mass is 16.5. The fraction of sp³-hybridized carbons (Fsp3) is 0.412. The molecule has 0 spiro atoms. The summed E-state index contributed by atoms with van der Waals surface area (Å²) >= 11 is 0. The molecule has 1 aliphatic rings. The van der Waals surface area contributed by atoms with Gasteiger partial charge < -0.3 is 24.1 Å². The zero-order valence-electron chi connectivity index (χ0n) is 13.8. The Morgan fingerprint density at radius 3 is 3.04 bits per heavy atom. The summed E-state index contributed by atoms with van der Waals surface area (Å²) in [7, 11) is 3.21. The number of ether oxygens (including phenoxy) is 3. The summed E-state index contributed by atoms with van der Waals surface area (Å²) in [6.45, 7) is 2.14. The molecule has 1 atom stereocenters. The van der Waals surface area contributed by atoms with Gasteiger partial charge in [-0.1, -0.05) is 12.1 Å². The first kappa shape index (κ1) is 16.5. The Morgan fingerprint density at radius 2 is 2.25 bits per heavy atom. The van der Waals surface area contributed by atoms with E-state index in [2.05, 4.69) is 14.9 Å². The van der Waals surface area contributed by atoms with Gasteiger partial charge in [-0.25, -0.2) is 4.98 Å². The predicted molar refractivity (Wildman–Crippen MR) is 89.5 cm³/mol. The molecule has 1 unspecified atom stereocenters. The molecule has 0 saturated carbocycles. The van der Waals surface area contributed by atoms with Crippen LogP contribution in [0.3, 0.4) is 0 Å². The van der Waals surface area contributed by atoms with Crippen molar-refractivity contribution in [3.05, 3.63) is 52.1 Å². The number of methoxy groups -OCH3 is 2. The van der Waals surface area contributed by atoms with E-state index < -0.39 is 0 Å². The molecule has 1 aromatic heterocycles. The molecule has 128 valence electrons. The second kappa shape index (κ2) is 7.46. The van der Waals surface area contributed by atoms with Crippen LogP contribution in [-0.2, 0) is 16.1 Å². The van der Waals surface area contributed by atoms with Crippen LogP contribution in [0.4, 0.5) is 5.82 Å². The lowest BCUT2D eigenvalue weighted by atomic mass is 10.1. The van der Waals surface area contributed by atoms with Crippen molar-refractivity contribution in [3.8, 4) is 5.75 Å². The van der Waals surface area contributed by atoms with Crippen molar-refractivity contribution in [1.29, 1.82) is 0 Å². The minimum absolute atomic E-state index is 0.0965. The summed E-state index contributed by atoms with van der Waals surface area (Å²) in [4.78, 5) is 21.0. The standard InChI is InChI=1S/C17H21N3O4/c1-22-11-15-18-16(9-17(21)19-15)20-6-7-24-14(10-20)12-4-3-5-13(8-12)23-2/h3-5,8-9,14H,6-7,10-11H2,1-2H3,(H,18,19,21). The van der Waals surface area contributed by atoms with Crippen LogP contribution in [0.25, 0.3) is 0 Å². The number of benzene rings is 1. The van der Waals surface area contributed by atoms with Crippen molar-refractivity contribution in [2.75, 3.05) is 38.8 Å². The first-order valence-corrected chi connectivity index (χ1v) is 7.79. The molecule has 0 radical (unpaired) electrons. The Kier molecular flexibility index (Phi) is 5.12. The Labute approximate surface area is 140 Å². The van der Waals surface area contributed by atoms with E-state index in [4.69, 9.17) is 14.2 Å². The summed E-state index contributed by atoms with van der Waals surface area (Å²) in [6, 6.07) is 9.33. The molecule has 1 aromatic carbocycles. The predicted octanol–water partition coefficient (Wildman–Crippen LogP) is 1.50. The van der Waals surface area contributed by atoms with Crippen LogP contribution in [0, 0.1) is 0 Å². The lowest BCUT2D eigenvalue weighted by molar-refractivity contribution is 0.0393. The molecule has 3 rings (SSSR count). The molecule has 1 saturated heterocycles. The van der Waals surface area contributed by atoms with Crippen LogP contribution >= 0.6 is 0 Å². The number of rotatable bonds is 5. The number of morpholine rings is 1. The van der Waals surface area contributed by atoms with Crippen molar-refractivity contribution in [2.45, 2.75) is 12.7 Å². The molecule has 0 amide bonds. The molecule has 1 N–H and O–H groups in total. The number of nitrogens with zero attached hydrogens (tertiary/aromatic N) is 2. The third-order valence-corrected chi connectivity index (χ3v) is 3.91. The van der Waals surface area contributed by atoms with Gasteiger partial charge in [-0.3, -0.25) is 4.79 Å². The summed E-state index contributed by atoms with van der Waals surface area (Å²) in [5.74, 6) is 1.95. The molecule has 0 bridgehead atoms. The Morgan fingerprint density at radius 1 is 1.38 bits per heavy atom. The van der Waals surface area contributed by atoms with Gasteiger partial charge in [-0.05, 0) is 17.7 Å². The van der Waals surface area contributed by atoms with E-state index in [1.807, 2.05) is 24.3 Å². The van der Waals surface area contributed by atoms with Crippen molar-refractivity contribution in [3.63, 3.8) is 0 Å². The maximum atomic E-state index is 11.8. The van der Waals surface area contributed by atoms with E-state index in [-0.39, 0.29) is 18.3 Å². The van der Waals surface area contributed by atoms with Crippen molar-refractivity contribution < 1.29 is 14.2 Å². The molecule has 0 aliphatic carbocycles. The highest BCUT2D eigenvalue weighted by Crippen LogP contribution is 2.27. The highest BCUT2D eigenvalue weighted by molar-refractivity contribution is 5.40. The number of hydrogen-bond donors (Lipinski definition) is 1. The smallest absolute Gasteiger partial charge is 0.253 e. The van der Waals surface area contributed by atoms with E-state index in [0.717, 1.165) is 11.3 Å². The third-order valence-electron chi connectivity index (χ3n) is 3.91. The van der Waals surface area contributed by atoms with E-state index >= 15 is 0 Å². The number of aromatic amines is 1. The lowest BCUT2D eigenvalue weighted by Gasteiger charge is -2.34. The van der Waals surface area contributed by atoms with Crippen LogP contribution in [0.1, 0.15) is 17.5 Å². The largest absolute Gasteiger partial charge is 0.497 e. The molecular formula is C17H21N3O4. The quantitative estimate of drug-likeness (QED) is 0.895. The van der Waals surface area contributed by atoms with Gasteiger partial charge >= 0.3 is 0 Å². The topological polar surface area (TPSA) is 76.7 Å². The summed E-state index contributed by atoms with van der Waals surface area (Å²) < 4.78 is 16.2. The van der Waals surface area contributed by atoms with Crippen LogP contribution in [0.2, 0.25) is 0 Å². The van der Waals surface area contributed by atoms with Gasteiger partial charge in [-0.15, -0.1) is 0 Å². The average Bonchev–Trinajstić information content (AvgIpc) is 2.62. The molecule has 7 nitrogen and oxygen atoms in total. The van der Waals surface area contributed by atoms with Gasteiger partial charge in [0.15, 0.2) is 0 Å². The fourth-order valence-corrected chi connectivity index (χ4v) is 2.76. The van der Waals surface area contributed by atoms with Gasteiger partial charge in [0.2, 0.25) is 0 Å². The first-order valence-electron chi connectivity index (χ1n) is 7.79. The Hall–Kier alpha value is -2.38. The normalized spacial score (nSPS) is 17.8. The van der Waals surface area contributed by atoms with E-state index in [1.54, 1.807) is 14.2 Å². The fourth-order valence-electron chi connectivity index (χ4n) is 2.76. The molecule has 24 heavy (non-hydrogen) atoms. The SMILES string of the molecule is COCc1nc(N2CCOC(c3cccc(OC)c3)C2)cc(=O)[nH]1. The van der Waals surface area contributed by atoms with E-state index in [1.165, 1.54) is 6.07 Å². The molecule has 1 fully saturated rings. The molecule has 2 heterocycles. The van der Waals surface area contributed by atoms with Crippen LogP contribution < -0.4 is 15.2 Å². The van der Waals surface area contributed by atoms with Crippen LogP contribution in [-0.4, -0.2) is 43.9 Å². The maximum absolute atomic E-state index is 11.8. The number of hydrogen-bond acceptors (Lipinski definition) is 6. The summed E-state index contributed by atoms with van der Waals surface area (Å²) in [6.07, 6.45) is -0.0965. The van der Waals surface area contributed by atoms with E-state index in [9.17, 15) is 4.79 Å². The van der Waals surface area contributed by atoms with Gasteiger partial charge in [0.25, 0.3) is 5.56 Å².